The zero-order chi connectivity index (χ0) is 42.8. The first kappa shape index (κ1) is 36.9. The lowest BCUT2D eigenvalue weighted by atomic mass is 9.89. The van der Waals surface area contributed by atoms with E-state index in [-0.39, 0.29) is 0 Å². The molecule has 3 heterocycles. The highest BCUT2D eigenvalue weighted by molar-refractivity contribution is 6.34. The highest BCUT2D eigenvalue weighted by Gasteiger charge is 2.22. The Labute approximate surface area is 375 Å². The Kier molecular flexibility index (Phi) is 8.50. The van der Waals surface area contributed by atoms with Gasteiger partial charge in [0.25, 0.3) is 0 Å². The topological polar surface area (TPSA) is 43.6 Å². The van der Waals surface area contributed by atoms with Crippen molar-refractivity contribution in [3.8, 4) is 62.0 Å². The van der Waals surface area contributed by atoms with Crippen molar-refractivity contribution < 1.29 is 0 Å². The van der Waals surface area contributed by atoms with Gasteiger partial charge >= 0.3 is 0 Å². The van der Waals surface area contributed by atoms with Crippen LogP contribution in [0.4, 0.5) is 0 Å². The summed E-state index contributed by atoms with van der Waals surface area (Å²) in [7, 11) is 0. The molecule has 0 unspecified atom stereocenters. The van der Waals surface area contributed by atoms with Crippen LogP contribution in [-0.4, -0.2) is 19.5 Å². The van der Waals surface area contributed by atoms with Crippen molar-refractivity contribution in [1.82, 2.24) is 19.5 Å². The van der Waals surface area contributed by atoms with Crippen molar-refractivity contribution in [2.24, 2.45) is 0 Å². The molecule has 0 aliphatic heterocycles. The lowest BCUT2D eigenvalue weighted by Gasteiger charge is -2.17. The van der Waals surface area contributed by atoms with E-state index in [0.717, 1.165) is 72.4 Å². The summed E-state index contributed by atoms with van der Waals surface area (Å²) < 4.78 is 2.41. The van der Waals surface area contributed by atoms with Crippen molar-refractivity contribution in [3.05, 3.63) is 231 Å². The summed E-state index contributed by atoms with van der Waals surface area (Å²) in [6.07, 6.45) is 0. The minimum Gasteiger partial charge on any atom is -0.309 e. The molecule has 0 radical (unpaired) electrons. The van der Waals surface area contributed by atoms with Gasteiger partial charge in [-0.15, -0.1) is 0 Å². The van der Waals surface area contributed by atoms with Crippen LogP contribution in [0.25, 0.3) is 127 Å². The fraction of sp³-hybridized carbons (Fsp3) is 0. The van der Waals surface area contributed by atoms with Crippen LogP contribution in [0, 0.1) is 0 Å². The predicted molar refractivity (Wildman–Crippen MR) is 271 cm³/mol. The van der Waals surface area contributed by atoms with Gasteiger partial charge in [0.1, 0.15) is 0 Å². The zero-order valence-electron chi connectivity index (χ0n) is 35.2. The van der Waals surface area contributed by atoms with E-state index in [9.17, 15) is 0 Å². The number of hydrogen-bond donors (Lipinski definition) is 0. The molecule has 0 saturated heterocycles. The average molecular weight is 827 g/mol. The number of pyridine rings is 1. The van der Waals surface area contributed by atoms with Crippen LogP contribution in [0.2, 0.25) is 0 Å². The Morgan fingerprint density at radius 3 is 1.65 bits per heavy atom. The largest absolute Gasteiger partial charge is 0.309 e. The molecule has 4 nitrogen and oxygen atoms in total. The molecular formula is C61H38N4. The minimum absolute atomic E-state index is 0.702. The standard InChI is InChI=1S/C61H38N4/c1-4-17-41(18-5-1)52-38-53(64-61(63-52)43-19-6-2-7-20-43)42-31-29-40(30-32-42)51-37-54-57(48-25-13-12-24-47(48)51)59-50(60(62-54)45-33-28-39-16-10-11-21-44(39)36-45)34-35-56-58(59)49-26-14-15-27-55(49)65(56)46-22-8-3-9-23-46/h1-38H. The van der Waals surface area contributed by atoms with E-state index in [1.54, 1.807) is 0 Å². The first-order valence-electron chi connectivity index (χ1n) is 22.1. The molecule has 4 heteroatoms. The minimum atomic E-state index is 0.702. The summed E-state index contributed by atoms with van der Waals surface area (Å²) in [6.45, 7) is 0. The maximum absolute atomic E-state index is 5.69. The van der Waals surface area contributed by atoms with Crippen LogP contribution in [0.3, 0.4) is 0 Å². The molecule has 0 aliphatic carbocycles. The molecule has 0 bridgehead atoms. The third-order valence-corrected chi connectivity index (χ3v) is 13.0. The second-order valence-electron chi connectivity index (χ2n) is 16.7. The fourth-order valence-corrected chi connectivity index (χ4v) is 9.95. The van der Waals surface area contributed by atoms with E-state index in [2.05, 4.69) is 211 Å². The Morgan fingerprint density at radius 1 is 0.308 bits per heavy atom. The van der Waals surface area contributed by atoms with Gasteiger partial charge in [-0.1, -0.05) is 188 Å². The molecule has 0 spiro atoms. The summed E-state index contributed by atoms with van der Waals surface area (Å²) >= 11 is 0. The monoisotopic (exact) mass is 826 g/mol. The van der Waals surface area contributed by atoms with Gasteiger partial charge in [-0.25, -0.2) is 15.0 Å². The highest BCUT2D eigenvalue weighted by atomic mass is 15.0. The molecule has 13 aromatic rings. The molecule has 0 aliphatic rings. The summed E-state index contributed by atoms with van der Waals surface area (Å²) in [6, 6.07) is 82.1. The maximum atomic E-state index is 5.69. The molecule has 0 atom stereocenters. The fourth-order valence-electron chi connectivity index (χ4n) is 9.95. The Balaban J connectivity index is 1.06. The number of para-hydroxylation sites is 2. The number of fused-ring (bicyclic) bond motifs is 10. The number of rotatable bonds is 6. The molecule has 0 fully saturated rings. The van der Waals surface area contributed by atoms with Crippen LogP contribution >= 0.6 is 0 Å². The van der Waals surface area contributed by atoms with Crippen LogP contribution in [0.15, 0.2) is 231 Å². The van der Waals surface area contributed by atoms with E-state index >= 15 is 0 Å². The number of aromatic nitrogens is 4. The van der Waals surface area contributed by atoms with Gasteiger partial charge in [0.05, 0.1) is 33.6 Å². The van der Waals surface area contributed by atoms with Gasteiger partial charge in [0, 0.05) is 54.9 Å². The Hall–Kier alpha value is -8.73. The second kappa shape index (κ2) is 15.0. The molecule has 13 rings (SSSR count). The van der Waals surface area contributed by atoms with Gasteiger partial charge < -0.3 is 4.57 Å². The predicted octanol–water partition coefficient (Wildman–Crippen LogP) is 15.9. The van der Waals surface area contributed by atoms with Gasteiger partial charge in [-0.2, -0.15) is 0 Å². The lowest BCUT2D eigenvalue weighted by molar-refractivity contribution is 1.18. The van der Waals surface area contributed by atoms with Crippen molar-refractivity contribution in [3.63, 3.8) is 0 Å². The molecular weight excluding hydrogens is 789 g/mol. The number of benzene rings is 10. The number of nitrogens with zero attached hydrogens (tertiary/aromatic N) is 4. The van der Waals surface area contributed by atoms with Gasteiger partial charge in [-0.05, 0) is 75.1 Å². The molecule has 10 aromatic carbocycles. The van der Waals surface area contributed by atoms with Gasteiger partial charge in [-0.3, -0.25) is 0 Å². The zero-order valence-corrected chi connectivity index (χ0v) is 35.2. The molecule has 0 N–H and O–H groups in total. The van der Waals surface area contributed by atoms with Crippen molar-refractivity contribution in [1.29, 1.82) is 0 Å². The van der Waals surface area contributed by atoms with Crippen LogP contribution < -0.4 is 0 Å². The SMILES string of the molecule is c1ccc(-c2cc(-c3ccc(-c4cc5nc(-c6ccc7ccccc7c6)c6ccc7c(c8ccccc8n7-c7ccccc7)c6c5c5ccccc45)cc3)nc(-c3ccccc3)n2)cc1. The normalized spacial score (nSPS) is 11.7. The van der Waals surface area contributed by atoms with Gasteiger partial charge in [0.2, 0.25) is 0 Å². The molecule has 302 valence electrons. The third-order valence-electron chi connectivity index (χ3n) is 13.0. The van der Waals surface area contributed by atoms with Crippen LogP contribution in [-0.2, 0) is 0 Å². The smallest absolute Gasteiger partial charge is 0.160 e. The molecule has 65 heavy (non-hydrogen) atoms. The van der Waals surface area contributed by atoms with E-state index < -0.39 is 0 Å². The van der Waals surface area contributed by atoms with Gasteiger partial charge in [0.15, 0.2) is 5.82 Å². The summed E-state index contributed by atoms with van der Waals surface area (Å²) in [4.78, 5) is 15.8. The average Bonchev–Trinajstić information content (AvgIpc) is 3.73. The second-order valence-corrected chi connectivity index (χ2v) is 16.7. The highest BCUT2D eigenvalue weighted by Crippen LogP contribution is 2.46. The van der Waals surface area contributed by atoms with Crippen molar-refractivity contribution in [2.75, 3.05) is 0 Å². The van der Waals surface area contributed by atoms with E-state index in [4.69, 9.17) is 15.0 Å². The first-order valence-corrected chi connectivity index (χ1v) is 22.1. The Morgan fingerprint density at radius 2 is 0.892 bits per heavy atom. The van der Waals surface area contributed by atoms with Crippen molar-refractivity contribution >= 4 is 65.0 Å². The Bertz CT molecular complexity index is 3910. The summed E-state index contributed by atoms with van der Waals surface area (Å²) in [5, 5.41) is 10.7. The van der Waals surface area contributed by atoms with Crippen LogP contribution in [0.1, 0.15) is 0 Å². The van der Waals surface area contributed by atoms with Crippen molar-refractivity contribution in [2.45, 2.75) is 0 Å². The quantitative estimate of drug-likeness (QED) is 0.157. The molecule has 0 amide bonds. The molecule has 3 aromatic heterocycles. The molecule has 0 saturated carbocycles. The van der Waals surface area contributed by atoms with E-state index in [1.165, 1.54) is 48.7 Å². The third kappa shape index (κ3) is 6.11. The van der Waals surface area contributed by atoms with Crippen LogP contribution in [0.5, 0.6) is 0 Å². The maximum Gasteiger partial charge on any atom is 0.160 e. The first-order chi connectivity index (χ1) is 32.2. The summed E-state index contributed by atoms with van der Waals surface area (Å²) in [5.41, 5.74) is 13.6. The number of hydrogen-bond acceptors (Lipinski definition) is 3. The lowest BCUT2D eigenvalue weighted by Crippen LogP contribution is -1.96. The summed E-state index contributed by atoms with van der Waals surface area (Å²) in [5.74, 6) is 0.702. The van der Waals surface area contributed by atoms with E-state index in [0.29, 0.717) is 5.82 Å². The van der Waals surface area contributed by atoms with E-state index in [1.807, 2.05) is 24.3 Å².